The molecular weight excluding hydrogens is 418 g/mol. The van der Waals surface area contributed by atoms with Crippen LogP contribution in [-0.2, 0) is 6.54 Å². The van der Waals surface area contributed by atoms with Crippen molar-refractivity contribution in [3.8, 4) is 17.3 Å². The fourth-order valence-electron chi connectivity index (χ4n) is 2.63. The molecule has 0 unspecified atom stereocenters. The van der Waals surface area contributed by atoms with E-state index >= 15 is 0 Å². The average Bonchev–Trinajstić information content (AvgIpc) is 3.30. The van der Waals surface area contributed by atoms with Crippen LogP contribution in [0.2, 0.25) is 5.02 Å². The lowest BCUT2D eigenvalue weighted by Gasteiger charge is -2.12. The molecule has 150 valence electrons. The lowest BCUT2D eigenvalue weighted by Crippen LogP contribution is -2.18. The summed E-state index contributed by atoms with van der Waals surface area (Å²) in [7, 11) is 0. The summed E-state index contributed by atoms with van der Waals surface area (Å²) in [4.78, 5) is 0. The summed E-state index contributed by atoms with van der Waals surface area (Å²) < 4.78 is 59.7. The number of fused-ring (bicyclic) bond motifs is 1. The molecule has 7 nitrogen and oxygen atoms in total. The molecule has 0 aliphatic carbocycles. The number of aromatic nitrogens is 4. The first-order valence-electron chi connectivity index (χ1n) is 8.04. The van der Waals surface area contributed by atoms with Gasteiger partial charge in [-0.1, -0.05) is 11.6 Å². The highest BCUT2D eigenvalue weighted by Gasteiger charge is 2.32. The molecule has 4 rings (SSSR count). The minimum Gasteiger partial charge on any atom is -0.453 e. The molecular formula is C17H10ClF4N5O2. The lowest BCUT2D eigenvalue weighted by atomic mass is 10.1. The molecule has 2 heterocycles. The van der Waals surface area contributed by atoms with E-state index in [1.165, 1.54) is 6.07 Å². The van der Waals surface area contributed by atoms with Crippen LogP contribution in [0.1, 0.15) is 5.56 Å². The van der Waals surface area contributed by atoms with Gasteiger partial charge in [0, 0.05) is 28.7 Å². The molecule has 2 aromatic carbocycles. The van der Waals surface area contributed by atoms with Gasteiger partial charge in [0.15, 0.2) is 17.3 Å². The molecule has 29 heavy (non-hydrogen) atoms. The summed E-state index contributed by atoms with van der Waals surface area (Å²) in [5.74, 6) is -1.28. The Morgan fingerprint density at radius 3 is 2.69 bits per heavy atom. The van der Waals surface area contributed by atoms with E-state index in [4.69, 9.17) is 16.0 Å². The number of alkyl halides is 3. The zero-order valence-electron chi connectivity index (χ0n) is 14.2. The molecule has 0 bridgehead atoms. The fraction of sp³-hybridized carbons (Fsp3) is 0.118. The minimum atomic E-state index is -4.97. The van der Waals surface area contributed by atoms with Crippen molar-refractivity contribution < 1.29 is 26.7 Å². The molecule has 0 spiro atoms. The Balaban J connectivity index is 1.52. The van der Waals surface area contributed by atoms with Crippen molar-refractivity contribution in [1.29, 1.82) is 0 Å². The number of nitrogens with zero attached hydrogens (tertiary/aromatic N) is 3. The van der Waals surface area contributed by atoms with Crippen LogP contribution in [0, 0.1) is 5.82 Å². The summed E-state index contributed by atoms with van der Waals surface area (Å²) >= 11 is 6.28. The van der Waals surface area contributed by atoms with Gasteiger partial charge >= 0.3 is 6.36 Å². The second-order valence-corrected chi connectivity index (χ2v) is 6.30. The first-order chi connectivity index (χ1) is 13.8. The Kier molecular flexibility index (Phi) is 4.74. The number of furan rings is 1. The lowest BCUT2D eigenvalue weighted by molar-refractivity contribution is -0.275. The van der Waals surface area contributed by atoms with Gasteiger partial charge in [-0.2, -0.15) is 0 Å². The van der Waals surface area contributed by atoms with Gasteiger partial charge in [0.2, 0.25) is 5.82 Å². The largest absolute Gasteiger partial charge is 0.573 e. The highest BCUT2D eigenvalue weighted by atomic mass is 35.5. The van der Waals surface area contributed by atoms with Crippen LogP contribution >= 0.6 is 11.6 Å². The average molecular weight is 428 g/mol. The number of tetrazole rings is 1. The molecule has 0 saturated carbocycles. The predicted octanol–water partition coefficient (Wildman–Crippen LogP) is 4.92. The number of aromatic amines is 1. The highest BCUT2D eigenvalue weighted by Crippen LogP contribution is 2.31. The number of H-pyrrole nitrogens is 1. The smallest absolute Gasteiger partial charge is 0.453 e. The van der Waals surface area contributed by atoms with Crippen LogP contribution in [0.15, 0.2) is 40.8 Å². The number of hydrogen-bond donors (Lipinski definition) is 2. The van der Waals surface area contributed by atoms with Crippen LogP contribution in [0.4, 0.5) is 23.2 Å². The van der Waals surface area contributed by atoms with Gasteiger partial charge in [-0.15, -0.1) is 18.3 Å². The number of ether oxygens (including phenoxy) is 1. The van der Waals surface area contributed by atoms with E-state index in [2.05, 4.69) is 30.7 Å². The Hall–Kier alpha value is -3.34. The van der Waals surface area contributed by atoms with Crippen molar-refractivity contribution in [3.05, 3.63) is 52.8 Å². The van der Waals surface area contributed by atoms with Gasteiger partial charge in [-0.25, -0.2) is 9.49 Å². The maximum absolute atomic E-state index is 13.8. The van der Waals surface area contributed by atoms with E-state index < -0.39 is 17.9 Å². The normalized spacial score (nSPS) is 11.8. The molecule has 0 saturated heterocycles. The van der Waals surface area contributed by atoms with Crippen molar-refractivity contribution in [3.63, 3.8) is 0 Å². The van der Waals surface area contributed by atoms with Crippen LogP contribution in [0.3, 0.4) is 0 Å². The summed E-state index contributed by atoms with van der Waals surface area (Å²) in [6.45, 7) is 0.174. The third-order valence-electron chi connectivity index (χ3n) is 3.90. The van der Waals surface area contributed by atoms with Gasteiger partial charge in [-0.3, -0.25) is 0 Å². The summed E-state index contributed by atoms with van der Waals surface area (Å²) in [5.41, 5.74) is 1.41. The SMILES string of the molecule is Fc1cc(NCc2cc3oc(-c4nnn[nH]4)cc3cc2Cl)ccc1OC(F)(F)F. The third kappa shape index (κ3) is 4.24. The molecule has 4 aromatic rings. The van der Waals surface area contributed by atoms with Crippen LogP contribution in [-0.4, -0.2) is 27.0 Å². The summed E-state index contributed by atoms with van der Waals surface area (Å²) in [6, 6.07) is 8.14. The number of halogens is 5. The van der Waals surface area contributed by atoms with Crippen molar-refractivity contribution in [2.24, 2.45) is 0 Å². The van der Waals surface area contributed by atoms with Crippen LogP contribution < -0.4 is 10.1 Å². The van der Waals surface area contributed by atoms with E-state index in [1.54, 1.807) is 18.2 Å². The fourth-order valence-corrected chi connectivity index (χ4v) is 2.87. The molecule has 0 atom stereocenters. The zero-order chi connectivity index (χ0) is 20.6. The van der Waals surface area contributed by atoms with Crippen molar-refractivity contribution in [1.82, 2.24) is 20.6 Å². The summed E-state index contributed by atoms with van der Waals surface area (Å²) in [6.07, 6.45) is -4.97. The zero-order valence-corrected chi connectivity index (χ0v) is 15.0. The Bertz CT molecular complexity index is 1160. The van der Waals surface area contributed by atoms with E-state index in [0.29, 0.717) is 27.8 Å². The Morgan fingerprint density at radius 1 is 1.17 bits per heavy atom. The quantitative estimate of drug-likeness (QED) is 0.440. The predicted molar refractivity (Wildman–Crippen MR) is 94.8 cm³/mol. The second kappa shape index (κ2) is 7.24. The van der Waals surface area contributed by atoms with Crippen molar-refractivity contribution in [2.45, 2.75) is 12.9 Å². The molecule has 0 aliphatic rings. The molecule has 2 aromatic heterocycles. The number of hydrogen-bond acceptors (Lipinski definition) is 6. The molecule has 12 heteroatoms. The molecule has 2 N–H and O–H groups in total. The maximum atomic E-state index is 13.8. The topological polar surface area (TPSA) is 88.9 Å². The van der Waals surface area contributed by atoms with Crippen LogP contribution in [0.5, 0.6) is 5.75 Å². The number of anilines is 1. The van der Waals surface area contributed by atoms with Crippen molar-refractivity contribution in [2.75, 3.05) is 5.32 Å². The first-order valence-corrected chi connectivity index (χ1v) is 8.41. The Labute approximate surface area is 164 Å². The number of nitrogens with one attached hydrogen (secondary N) is 2. The van der Waals surface area contributed by atoms with E-state index in [1.807, 2.05) is 0 Å². The van der Waals surface area contributed by atoms with Gasteiger partial charge in [0.1, 0.15) is 5.58 Å². The monoisotopic (exact) mass is 427 g/mol. The van der Waals surface area contributed by atoms with Crippen LogP contribution in [0.25, 0.3) is 22.6 Å². The molecule has 0 aliphatic heterocycles. The van der Waals surface area contributed by atoms with Gasteiger partial charge in [0.05, 0.1) is 0 Å². The van der Waals surface area contributed by atoms with Gasteiger partial charge in [0.25, 0.3) is 0 Å². The van der Waals surface area contributed by atoms with E-state index in [-0.39, 0.29) is 12.2 Å². The third-order valence-corrected chi connectivity index (χ3v) is 4.26. The Morgan fingerprint density at radius 2 is 2.00 bits per heavy atom. The molecule has 0 amide bonds. The molecule has 0 fully saturated rings. The molecule has 0 radical (unpaired) electrons. The minimum absolute atomic E-state index is 0.174. The number of benzene rings is 2. The summed E-state index contributed by atoms with van der Waals surface area (Å²) in [5, 5.41) is 17.4. The highest BCUT2D eigenvalue weighted by molar-refractivity contribution is 6.32. The standard InChI is InChI=1S/C17H10ClF4N5O2/c18-11-3-8-4-15(16-24-26-27-25-16)28-14(8)5-9(11)7-23-10-1-2-13(12(19)6-10)29-17(20,21)22/h1-6,23H,7H2,(H,24,25,26,27). The number of rotatable bonds is 5. The maximum Gasteiger partial charge on any atom is 0.573 e. The first kappa shape index (κ1) is 19.0. The van der Waals surface area contributed by atoms with Gasteiger partial charge < -0.3 is 14.5 Å². The van der Waals surface area contributed by atoms with E-state index in [9.17, 15) is 17.6 Å². The second-order valence-electron chi connectivity index (χ2n) is 5.89. The van der Waals surface area contributed by atoms with E-state index in [0.717, 1.165) is 17.5 Å². The van der Waals surface area contributed by atoms with Crippen molar-refractivity contribution >= 4 is 28.3 Å². The van der Waals surface area contributed by atoms with Gasteiger partial charge in [-0.05, 0) is 46.3 Å².